The Bertz CT molecular complexity index is 579. The van der Waals surface area contributed by atoms with Crippen molar-refractivity contribution in [2.45, 2.75) is 51.3 Å². The first-order valence-corrected chi connectivity index (χ1v) is 8.68. The average Bonchev–Trinajstić information content (AvgIpc) is 2.63. The van der Waals surface area contributed by atoms with Gasteiger partial charge in [-0.15, -0.1) is 0 Å². The van der Waals surface area contributed by atoms with Gasteiger partial charge in [0.2, 0.25) is 5.91 Å². The Morgan fingerprint density at radius 1 is 1.12 bits per heavy atom. The highest BCUT2D eigenvalue weighted by atomic mass is 16.5. The highest BCUT2D eigenvalue weighted by Crippen LogP contribution is 2.05. The van der Waals surface area contributed by atoms with E-state index in [9.17, 15) is 14.4 Å². The molecule has 2 atom stereocenters. The monoisotopic (exact) mass is 365 g/mol. The lowest BCUT2D eigenvalue weighted by Gasteiger charge is -2.21. The lowest BCUT2D eigenvalue weighted by atomic mass is 10.1. The number of ether oxygens (including phenoxy) is 1. The summed E-state index contributed by atoms with van der Waals surface area (Å²) >= 11 is 0. The van der Waals surface area contributed by atoms with Gasteiger partial charge < -0.3 is 26.2 Å². The summed E-state index contributed by atoms with van der Waals surface area (Å²) in [6, 6.07) is 7.21. The number of benzene rings is 1. The molecule has 2 amide bonds. The van der Waals surface area contributed by atoms with E-state index >= 15 is 0 Å². The van der Waals surface area contributed by atoms with Crippen LogP contribution in [0.5, 0.6) is 0 Å². The number of unbranched alkanes of at least 4 members (excludes halogenated alkanes) is 1. The second-order valence-electron chi connectivity index (χ2n) is 5.88. The van der Waals surface area contributed by atoms with Crippen molar-refractivity contribution in [1.82, 2.24) is 10.6 Å². The van der Waals surface area contributed by atoms with Crippen LogP contribution in [-0.4, -0.2) is 41.7 Å². The minimum Gasteiger partial charge on any atom is -0.480 e. The van der Waals surface area contributed by atoms with E-state index in [0.29, 0.717) is 12.8 Å². The number of carbonyl (C=O) groups excluding carboxylic acids is 2. The van der Waals surface area contributed by atoms with Crippen molar-refractivity contribution in [2.24, 2.45) is 5.73 Å². The maximum absolute atomic E-state index is 12.4. The van der Waals surface area contributed by atoms with E-state index in [1.165, 1.54) is 0 Å². The molecular formula is C18H27N3O5. The summed E-state index contributed by atoms with van der Waals surface area (Å²) in [6.07, 6.45) is 1.30. The molecule has 0 saturated carbocycles. The molecule has 8 nitrogen and oxygen atoms in total. The molecule has 0 radical (unpaired) electrons. The molecule has 0 unspecified atom stereocenters. The van der Waals surface area contributed by atoms with Gasteiger partial charge in [-0.2, -0.15) is 0 Å². The predicted molar refractivity (Wildman–Crippen MR) is 96.3 cm³/mol. The first kappa shape index (κ1) is 21.4. The number of alkyl carbamates (subject to hydrolysis) is 1. The Hall–Kier alpha value is -2.61. The van der Waals surface area contributed by atoms with Crippen LogP contribution in [-0.2, 0) is 20.9 Å². The largest absolute Gasteiger partial charge is 0.480 e. The predicted octanol–water partition coefficient (Wildman–Crippen LogP) is 1.39. The van der Waals surface area contributed by atoms with Crippen molar-refractivity contribution in [2.75, 3.05) is 6.54 Å². The number of hydrogen-bond acceptors (Lipinski definition) is 5. The van der Waals surface area contributed by atoms with Gasteiger partial charge in [0.1, 0.15) is 18.7 Å². The summed E-state index contributed by atoms with van der Waals surface area (Å²) in [5.74, 6) is -1.72. The molecule has 0 aliphatic carbocycles. The quantitative estimate of drug-likeness (QED) is 0.469. The van der Waals surface area contributed by atoms with Crippen molar-refractivity contribution in [3.05, 3.63) is 35.9 Å². The Balaban J connectivity index is 2.61. The van der Waals surface area contributed by atoms with Crippen LogP contribution in [0.2, 0.25) is 0 Å². The molecule has 0 aliphatic rings. The second kappa shape index (κ2) is 11.9. The van der Waals surface area contributed by atoms with Gasteiger partial charge in [-0.25, -0.2) is 9.59 Å². The Kier molecular flexibility index (Phi) is 9.78. The third-order valence-corrected chi connectivity index (χ3v) is 3.74. The fourth-order valence-electron chi connectivity index (χ4n) is 2.28. The number of nitrogens with two attached hydrogens (primary N) is 1. The fourth-order valence-corrected chi connectivity index (χ4v) is 2.28. The van der Waals surface area contributed by atoms with Crippen LogP contribution < -0.4 is 16.4 Å². The van der Waals surface area contributed by atoms with Crippen LogP contribution in [0, 0.1) is 0 Å². The van der Waals surface area contributed by atoms with E-state index in [-0.39, 0.29) is 19.6 Å². The standard InChI is InChI=1S/C18H27N3O5/c1-2-3-9-14(16(22)20-15(10-11-19)17(23)24)21-18(25)26-12-13-7-5-4-6-8-13/h4-8,14-15H,2-3,9-12,19H2,1H3,(H,20,22)(H,21,25)(H,23,24)/t14-,15-/m0/s1. The summed E-state index contributed by atoms with van der Waals surface area (Å²) in [5.41, 5.74) is 6.20. The van der Waals surface area contributed by atoms with Crippen LogP contribution in [0.3, 0.4) is 0 Å². The lowest BCUT2D eigenvalue weighted by molar-refractivity contribution is -0.142. The van der Waals surface area contributed by atoms with Crippen molar-refractivity contribution in [3.63, 3.8) is 0 Å². The second-order valence-corrected chi connectivity index (χ2v) is 5.88. The highest BCUT2D eigenvalue weighted by molar-refractivity contribution is 5.89. The number of carboxylic acid groups (broad SMARTS) is 1. The van der Waals surface area contributed by atoms with Crippen molar-refractivity contribution < 1.29 is 24.2 Å². The molecule has 0 heterocycles. The zero-order valence-corrected chi connectivity index (χ0v) is 14.9. The number of carbonyl (C=O) groups is 3. The minimum absolute atomic E-state index is 0.0831. The molecule has 0 aliphatic heterocycles. The molecule has 5 N–H and O–H groups in total. The molecule has 0 spiro atoms. The molecule has 144 valence electrons. The Morgan fingerprint density at radius 3 is 2.38 bits per heavy atom. The van der Waals surface area contributed by atoms with Gasteiger partial charge in [0, 0.05) is 0 Å². The van der Waals surface area contributed by atoms with Gasteiger partial charge in [0.15, 0.2) is 0 Å². The van der Waals surface area contributed by atoms with Crippen LogP contribution in [0.25, 0.3) is 0 Å². The van der Waals surface area contributed by atoms with E-state index in [4.69, 9.17) is 15.6 Å². The maximum atomic E-state index is 12.4. The molecule has 0 fully saturated rings. The molecular weight excluding hydrogens is 338 g/mol. The Labute approximate surface area is 153 Å². The number of rotatable bonds is 11. The highest BCUT2D eigenvalue weighted by Gasteiger charge is 2.26. The van der Waals surface area contributed by atoms with Gasteiger partial charge in [0.25, 0.3) is 0 Å². The number of carboxylic acids is 1. The van der Waals surface area contributed by atoms with E-state index in [1.54, 1.807) is 0 Å². The topological polar surface area (TPSA) is 131 Å². The van der Waals surface area contributed by atoms with Gasteiger partial charge in [0.05, 0.1) is 0 Å². The van der Waals surface area contributed by atoms with Gasteiger partial charge in [-0.1, -0.05) is 50.1 Å². The molecule has 26 heavy (non-hydrogen) atoms. The molecule has 0 saturated heterocycles. The third kappa shape index (κ3) is 7.98. The third-order valence-electron chi connectivity index (χ3n) is 3.74. The summed E-state index contributed by atoms with van der Waals surface area (Å²) in [7, 11) is 0. The SMILES string of the molecule is CCCC[C@H](NC(=O)OCc1ccccc1)C(=O)N[C@@H](CCN)C(=O)O. The first-order chi connectivity index (χ1) is 12.5. The van der Waals surface area contributed by atoms with Crippen LogP contribution in [0.15, 0.2) is 30.3 Å². The fraction of sp³-hybridized carbons (Fsp3) is 0.500. The lowest BCUT2D eigenvalue weighted by Crippen LogP contribution is -2.52. The first-order valence-electron chi connectivity index (χ1n) is 8.68. The number of amides is 2. The van der Waals surface area contributed by atoms with Gasteiger partial charge in [-0.3, -0.25) is 4.79 Å². The van der Waals surface area contributed by atoms with Crippen LogP contribution >= 0.6 is 0 Å². The number of aliphatic carboxylic acids is 1. The maximum Gasteiger partial charge on any atom is 0.408 e. The molecule has 8 heteroatoms. The van der Waals surface area contributed by atoms with Gasteiger partial charge >= 0.3 is 12.1 Å². The van der Waals surface area contributed by atoms with Crippen molar-refractivity contribution in [1.29, 1.82) is 0 Å². The molecule has 1 rings (SSSR count). The number of nitrogens with one attached hydrogen (secondary N) is 2. The minimum atomic E-state index is -1.16. The zero-order valence-electron chi connectivity index (χ0n) is 14.9. The van der Waals surface area contributed by atoms with Crippen molar-refractivity contribution in [3.8, 4) is 0 Å². The van der Waals surface area contributed by atoms with Crippen LogP contribution in [0.1, 0.15) is 38.2 Å². The van der Waals surface area contributed by atoms with E-state index in [0.717, 1.165) is 12.0 Å². The normalized spacial score (nSPS) is 12.7. The molecule has 1 aromatic rings. The van der Waals surface area contributed by atoms with E-state index < -0.39 is 30.1 Å². The summed E-state index contributed by atoms with van der Waals surface area (Å²) < 4.78 is 5.12. The summed E-state index contributed by atoms with van der Waals surface area (Å²) in [4.78, 5) is 35.5. The molecule has 1 aromatic carbocycles. The van der Waals surface area contributed by atoms with E-state index in [2.05, 4.69) is 10.6 Å². The zero-order chi connectivity index (χ0) is 19.4. The molecule has 0 bridgehead atoms. The van der Waals surface area contributed by atoms with E-state index in [1.807, 2.05) is 37.3 Å². The summed E-state index contributed by atoms with van der Waals surface area (Å²) in [5, 5.41) is 14.0. The smallest absolute Gasteiger partial charge is 0.408 e. The number of hydrogen-bond donors (Lipinski definition) is 4. The van der Waals surface area contributed by atoms with Crippen molar-refractivity contribution >= 4 is 18.0 Å². The Morgan fingerprint density at radius 2 is 1.81 bits per heavy atom. The van der Waals surface area contributed by atoms with Gasteiger partial charge in [-0.05, 0) is 24.9 Å². The average molecular weight is 365 g/mol. The van der Waals surface area contributed by atoms with Crippen LogP contribution in [0.4, 0.5) is 4.79 Å². The summed E-state index contributed by atoms with van der Waals surface area (Å²) in [6.45, 7) is 2.17. The molecule has 0 aromatic heterocycles.